The van der Waals surface area contributed by atoms with E-state index in [1.165, 1.54) is 10.7 Å². The van der Waals surface area contributed by atoms with E-state index in [1.807, 2.05) is 11.9 Å². The van der Waals surface area contributed by atoms with E-state index in [1.54, 1.807) is 11.3 Å². The van der Waals surface area contributed by atoms with E-state index >= 15 is 0 Å². The molecule has 1 N–H and O–H groups in total. The zero-order chi connectivity index (χ0) is 13.0. The number of piperidine rings is 1. The number of carbonyl (C=O) groups excluding carboxylic acids is 1. The summed E-state index contributed by atoms with van der Waals surface area (Å²) in [6.07, 6.45) is 3.23. The van der Waals surface area contributed by atoms with Gasteiger partial charge < -0.3 is 10.2 Å². The Hall–Kier alpha value is -0.650. The van der Waals surface area contributed by atoms with Gasteiger partial charge in [-0.1, -0.05) is 6.92 Å². The minimum absolute atomic E-state index is 0. The molecule has 1 fully saturated rings. The normalized spacial score (nSPS) is 19.1. The first-order valence-electron chi connectivity index (χ1n) is 6.61. The summed E-state index contributed by atoms with van der Waals surface area (Å²) in [6, 6.07) is 0. The fourth-order valence-electron chi connectivity index (χ4n) is 2.34. The lowest BCUT2D eigenvalue weighted by Crippen LogP contribution is -2.42. The smallest absolute Gasteiger partial charge is 0.236 e. The molecular weight excluding hydrogens is 282 g/mol. The average Bonchev–Trinajstić information content (AvgIpc) is 2.88. The molecule has 1 aliphatic heterocycles. The van der Waals surface area contributed by atoms with Crippen LogP contribution in [0.15, 0.2) is 5.38 Å². The molecular formula is C13H22ClN3OS. The van der Waals surface area contributed by atoms with Crippen LogP contribution in [0.2, 0.25) is 0 Å². The van der Waals surface area contributed by atoms with Crippen molar-refractivity contribution in [2.75, 3.05) is 26.7 Å². The molecule has 4 nitrogen and oxygen atoms in total. The Kier molecular flexibility index (Phi) is 6.75. The van der Waals surface area contributed by atoms with Gasteiger partial charge in [0.15, 0.2) is 0 Å². The van der Waals surface area contributed by atoms with Gasteiger partial charge >= 0.3 is 0 Å². The van der Waals surface area contributed by atoms with Crippen molar-refractivity contribution >= 4 is 29.7 Å². The van der Waals surface area contributed by atoms with Crippen molar-refractivity contribution < 1.29 is 4.79 Å². The van der Waals surface area contributed by atoms with Gasteiger partial charge in [0.1, 0.15) is 0 Å². The van der Waals surface area contributed by atoms with Crippen LogP contribution in [0.25, 0.3) is 0 Å². The van der Waals surface area contributed by atoms with Crippen molar-refractivity contribution in [2.24, 2.45) is 0 Å². The highest BCUT2D eigenvalue weighted by Gasteiger charge is 2.26. The molecule has 6 heteroatoms. The Bertz CT molecular complexity index is 410. The number of rotatable bonds is 4. The lowest BCUT2D eigenvalue weighted by atomic mass is 9.98. The number of nitrogens with zero attached hydrogens (tertiary/aromatic N) is 2. The van der Waals surface area contributed by atoms with E-state index in [2.05, 4.69) is 22.6 Å². The number of aryl methyl sites for hydroxylation is 1. The zero-order valence-corrected chi connectivity index (χ0v) is 13.1. The quantitative estimate of drug-likeness (QED) is 0.926. The van der Waals surface area contributed by atoms with E-state index in [-0.39, 0.29) is 18.3 Å². The summed E-state index contributed by atoms with van der Waals surface area (Å²) in [5, 5.41) is 6.27. The van der Waals surface area contributed by atoms with Gasteiger partial charge in [-0.05, 0) is 26.3 Å². The number of nitrogens with one attached hydrogen (secondary N) is 1. The Morgan fingerprint density at radius 1 is 1.63 bits per heavy atom. The fourth-order valence-corrected chi connectivity index (χ4v) is 3.37. The van der Waals surface area contributed by atoms with E-state index < -0.39 is 0 Å². The first kappa shape index (κ1) is 16.4. The van der Waals surface area contributed by atoms with Crippen LogP contribution >= 0.6 is 23.7 Å². The predicted octanol–water partition coefficient (Wildman–Crippen LogP) is 2.05. The largest absolute Gasteiger partial charge is 0.341 e. The standard InChI is InChI=1S/C13H21N3OS.ClH/c1-3-11-9-18-13(15-11)10-5-4-6-16(8-10)12(17)7-14-2;/h9-10,14H,3-8H2,1-2H3;1H. The average molecular weight is 304 g/mol. The molecule has 2 rings (SSSR count). The molecule has 1 unspecified atom stereocenters. The van der Waals surface area contributed by atoms with Crippen LogP contribution in [-0.2, 0) is 11.2 Å². The van der Waals surface area contributed by atoms with Crippen LogP contribution in [-0.4, -0.2) is 42.5 Å². The summed E-state index contributed by atoms with van der Waals surface area (Å²) in [5.41, 5.74) is 1.17. The molecule has 0 spiro atoms. The number of likely N-dealkylation sites (tertiary alicyclic amines) is 1. The van der Waals surface area contributed by atoms with Gasteiger partial charge in [0.2, 0.25) is 5.91 Å². The summed E-state index contributed by atoms with van der Waals surface area (Å²) >= 11 is 1.74. The van der Waals surface area contributed by atoms with Crippen LogP contribution in [0.5, 0.6) is 0 Å². The number of amides is 1. The van der Waals surface area contributed by atoms with Gasteiger partial charge in [-0.15, -0.1) is 23.7 Å². The molecule has 19 heavy (non-hydrogen) atoms. The van der Waals surface area contributed by atoms with Crippen molar-refractivity contribution in [2.45, 2.75) is 32.1 Å². The maximum absolute atomic E-state index is 11.9. The van der Waals surface area contributed by atoms with Gasteiger partial charge in [-0.25, -0.2) is 4.98 Å². The summed E-state index contributed by atoms with van der Waals surface area (Å²) in [6.45, 7) is 4.29. The third-order valence-corrected chi connectivity index (χ3v) is 4.44. The van der Waals surface area contributed by atoms with Gasteiger partial charge in [-0.3, -0.25) is 4.79 Å². The van der Waals surface area contributed by atoms with E-state index in [0.29, 0.717) is 12.5 Å². The van der Waals surface area contributed by atoms with Gasteiger partial charge in [0, 0.05) is 24.4 Å². The monoisotopic (exact) mass is 303 g/mol. The second-order valence-corrected chi connectivity index (χ2v) is 5.63. The van der Waals surface area contributed by atoms with E-state index in [0.717, 1.165) is 32.4 Å². The molecule has 0 aromatic carbocycles. The van der Waals surface area contributed by atoms with Gasteiger partial charge in [0.25, 0.3) is 0 Å². The van der Waals surface area contributed by atoms with Crippen molar-refractivity contribution in [1.82, 2.24) is 15.2 Å². The Labute approximate surface area is 125 Å². The number of hydrogen-bond acceptors (Lipinski definition) is 4. The Morgan fingerprint density at radius 2 is 2.42 bits per heavy atom. The third-order valence-electron chi connectivity index (χ3n) is 3.38. The molecule has 1 atom stereocenters. The number of halogens is 1. The van der Waals surface area contributed by atoms with Crippen LogP contribution in [0.4, 0.5) is 0 Å². The SMILES string of the molecule is CCc1csc(C2CCCN(C(=O)CNC)C2)n1.Cl. The van der Waals surface area contributed by atoms with E-state index in [4.69, 9.17) is 0 Å². The highest BCUT2D eigenvalue weighted by Crippen LogP contribution is 2.29. The molecule has 0 aliphatic carbocycles. The highest BCUT2D eigenvalue weighted by atomic mass is 35.5. The van der Waals surface area contributed by atoms with Crippen molar-refractivity contribution in [3.05, 3.63) is 16.1 Å². The molecule has 108 valence electrons. The number of thiazole rings is 1. The van der Waals surface area contributed by atoms with Crippen LogP contribution in [0.1, 0.15) is 36.4 Å². The minimum Gasteiger partial charge on any atom is -0.341 e. The topological polar surface area (TPSA) is 45.2 Å². The summed E-state index contributed by atoms with van der Waals surface area (Å²) < 4.78 is 0. The molecule has 1 amide bonds. The molecule has 1 saturated heterocycles. The van der Waals surface area contributed by atoms with Crippen LogP contribution in [0, 0.1) is 0 Å². The van der Waals surface area contributed by atoms with Crippen molar-refractivity contribution in [1.29, 1.82) is 0 Å². The van der Waals surface area contributed by atoms with E-state index in [9.17, 15) is 4.79 Å². The molecule has 1 aromatic heterocycles. The molecule has 1 aliphatic rings. The zero-order valence-electron chi connectivity index (χ0n) is 11.5. The van der Waals surface area contributed by atoms with Crippen LogP contribution < -0.4 is 5.32 Å². The maximum Gasteiger partial charge on any atom is 0.236 e. The Balaban J connectivity index is 0.00000180. The highest BCUT2D eigenvalue weighted by molar-refractivity contribution is 7.09. The number of likely N-dealkylation sites (N-methyl/N-ethyl adjacent to an activating group) is 1. The second-order valence-electron chi connectivity index (χ2n) is 4.74. The first-order valence-corrected chi connectivity index (χ1v) is 7.49. The lowest BCUT2D eigenvalue weighted by molar-refractivity contribution is -0.131. The third kappa shape index (κ3) is 4.16. The number of carbonyl (C=O) groups is 1. The molecule has 0 bridgehead atoms. The Morgan fingerprint density at radius 3 is 3.05 bits per heavy atom. The predicted molar refractivity (Wildman–Crippen MR) is 81.2 cm³/mol. The van der Waals surface area contributed by atoms with Crippen LogP contribution in [0.3, 0.4) is 0 Å². The second kappa shape index (κ2) is 7.82. The van der Waals surface area contributed by atoms with Crippen molar-refractivity contribution in [3.63, 3.8) is 0 Å². The lowest BCUT2D eigenvalue weighted by Gasteiger charge is -2.31. The maximum atomic E-state index is 11.9. The first-order chi connectivity index (χ1) is 8.74. The number of hydrogen-bond donors (Lipinski definition) is 1. The van der Waals surface area contributed by atoms with Gasteiger partial charge in [0.05, 0.1) is 17.2 Å². The summed E-state index contributed by atoms with van der Waals surface area (Å²) in [7, 11) is 1.81. The number of aromatic nitrogens is 1. The molecule has 2 heterocycles. The summed E-state index contributed by atoms with van der Waals surface area (Å²) in [4.78, 5) is 18.5. The summed E-state index contributed by atoms with van der Waals surface area (Å²) in [5.74, 6) is 0.638. The molecule has 0 radical (unpaired) electrons. The van der Waals surface area contributed by atoms with Crippen molar-refractivity contribution in [3.8, 4) is 0 Å². The van der Waals surface area contributed by atoms with Gasteiger partial charge in [-0.2, -0.15) is 0 Å². The minimum atomic E-state index is 0. The molecule has 0 saturated carbocycles. The molecule has 1 aromatic rings. The fraction of sp³-hybridized carbons (Fsp3) is 0.692.